The molecule has 2 rings (SSSR count). The van der Waals surface area contributed by atoms with Crippen LogP contribution in [0.15, 0.2) is 24.3 Å². The molecule has 0 spiro atoms. The van der Waals surface area contributed by atoms with Crippen molar-refractivity contribution >= 4 is 10.0 Å². The first-order valence-electron chi connectivity index (χ1n) is 6.19. The van der Waals surface area contributed by atoms with Crippen molar-refractivity contribution in [2.75, 3.05) is 12.8 Å². The maximum absolute atomic E-state index is 11.5. The maximum atomic E-state index is 11.5. The third-order valence-electron chi connectivity index (χ3n) is 2.88. The minimum Gasteiger partial charge on any atom is -0.388 e. The maximum Gasteiger partial charge on any atom is 0.211 e. The largest absolute Gasteiger partial charge is 0.388 e. The zero-order chi connectivity index (χ0) is 13.8. The predicted molar refractivity (Wildman–Crippen MR) is 72.6 cm³/mol. The molecule has 1 unspecified atom stereocenters. The standard InChI is InChI=1S/C11H15NO3S.C2H6/c1-16(14,15)12-7-6-11(13)10-5-3-2-4-9(10)8-12;1-2/h2-5,11,13H,6-8H2,1H3;1-2H3. The van der Waals surface area contributed by atoms with Crippen LogP contribution in [0.5, 0.6) is 0 Å². The molecule has 1 aliphatic heterocycles. The SMILES string of the molecule is CC.CS(=O)(=O)N1CCC(O)c2ccccc2C1. The molecule has 0 bridgehead atoms. The van der Waals surface area contributed by atoms with Crippen molar-refractivity contribution in [2.24, 2.45) is 0 Å². The van der Waals surface area contributed by atoms with E-state index in [2.05, 4.69) is 0 Å². The summed E-state index contributed by atoms with van der Waals surface area (Å²) < 4.78 is 24.4. The second-order valence-electron chi connectivity index (χ2n) is 4.10. The summed E-state index contributed by atoms with van der Waals surface area (Å²) in [6.45, 7) is 4.72. The number of rotatable bonds is 1. The second-order valence-corrected chi connectivity index (χ2v) is 6.08. The summed E-state index contributed by atoms with van der Waals surface area (Å²) in [5.41, 5.74) is 1.73. The summed E-state index contributed by atoms with van der Waals surface area (Å²) in [7, 11) is -3.19. The molecule has 18 heavy (non-hydrogen) atoms. The summed E-state index contributed by atoms with van der Waals surface area (Å²) >= 11 is 0. The zero-order valence-electron chi connectivity index (χ0n) is 11.1. The van der Waals surface area contributed by atoms with Crippen LogP contribution in [0.25, 0.3) is 0 Å². The highest BCUT2D eigenvalue weighted by molar-refractivity contribution is 7.88. The van der Waals surface area contributed by atoms with Gasteiger partial charge in [0.1, 0.15) is 0 Å². The van der Waals surface area contributed by atoms with E-state index in [9.17, 15) is 13.5 Å². The van der Waals surface area contributed by atoms with Gasteiger partial charge in [0, 0.05) is 13.1 Å². The molecule has 0 fully saturated rings. The Kier molecular flexibility index (Phi) is 5.31. The number of hydrogen-bond donors (Lipinski definition) is 1. The lowest BCUT2D eigenvalue weighted by atomic mass is 10.0. The van der Waals surface area contributed by atoms with E-state index in [0.29, 0.717) is 19.5 Å². The molecule has 0 amide bonds. The zero-order valence-corrected chi connectivity index (χ0v) is 11.9. The third-order valence-corrected chi connectivity index (χ3v) is 4.13. The van der Waals surface area contributed by atoms with Crippen molar-refractivity contribution in [1.29, 1.82) is 0 Å². The monoisotopic (exact) mass is 271 g/mol. The van der Waals surface area contributed by atoms with E-state index in [1.807, 2.05) is 38.1 Å². The Hall–Kier alpha value is -0.910. The summed E-state index contributed by atoms with van der Waals surface area (Å²) in [5.74, 6) is 0. The highest BCUT2D eigenvalue weighted by Crippen LogP contribution is 2.27. The van der Waals surface area contributed by atoms with Gasteiger partial charge in [-0.2, -0.15) is 4.31 Å². The molecule has 1 aromatic rings. The lowest BCUT2D eigenvalue weighted by Crippen LogP contribution is -2.29. The van der Waals surface area contributed by atoms with Gasteiger partial charge in [0.15, 0.2) is 0 Å². The highest BCUT2D eigenvalue weighted by atomic mass is 32.2. The van der Waals surface area contributed by atoms with Gasteiger partial charge >= 0.3 is 0 Å². The fraction of sp³-hybridized carbons (Fsp3) is 0.538. The molecule has 5 heteroatoms. The first-order valence-corrected chi connectivity index (χ1v) is 8.04. The van der Waals surface area contributed by atoms with Gasteiger partial charge < -0.3 is 5.11 Å². The van der Waals surface area contributed by atoms with Gasteiger partial charge in [0.25, 0.3) is 0 Å². The van der Waals surface area contributed by atoms with E-state index in [1.165, 1.54) is 10.6 Å². The van der Waals surface area contributed by atoms with Crippen molar-refractivity contribution in [3.05, 3.63) is 35.4 Å². The molecule has 1 heterocycles. The van der Waals surface area contributed by atoms with Crippen molar-refractivity contribution in [2.45, 2.75) is 32.9 Å². The van der Waals surface area contributed by atoms with Gasteiger partial charge in [-0.15, -0.1) is 0 Å². The lowest BCUT2D eigenvalue weighted by Gasteiger charge is -2.17. The molecule has 0 saturated carbocycles. The second kappa shape index (κ2) is 6.31. The highest BCUT2D eigenvalue weighted by Gasteiger charge is 2.25. The average Bonchev–Trinajstić information content (AvgIpc) is 2.52. The van der Waals surface area contributed by atoms with Crippen LogP contribution in [-0.4, -0.2) is 30.6 Å². The van der Waals surface area contributed by atoms with Crippen LogP contribution in [0.4, 0.5) is 0 Å². The van der Waals surface area contributed by atoms with Crippen molar-refractivity contribution in [1.82, 2.24) is 4.31 Å². The minimum absolute atomic E-state index is 0.353. The van der Waals surface area contributed by atoms with Crippen molar-refractivity contribution < 1.29 is 13.5 Å². The Morgan fingerprint density at radius 2 is 1.89 bits per heavy atom. The molecule has 0 aromatic heterocycles. The smallest absolute Gasteiger partial charge is 0.211 e. The average molecular weight is 271 g/mol. The van der Waals surface area contributed by atoms with Crippen LogP contribution in [0.1, 0.15) is 37.5 Å². The number of fused-ring (bicyclic) bond motifs is 1. The van der Waals surface area contributed by atoms with Crippen LogP contribution in [0.2, 0.25) is 0 Å². The van der Waals surface area contributed by atoms with Gasteiger partial charge in [-0.1, -0.05) is 38.1 Å². The van der Waals surface area contributed by atoms with E-state index >= 15 is 0 Å². The molecule has 1 aliphatic rings. The van der Waals surface area contributed by atoms with Crippen LogP contribution in [0.3, 0.4) is 0 Å². The van der Waals surface area contributed by atoms with Gasteiger partial charge in [-0.05, 0) is 17.5 Å². The first kappa shape index (κ1) is 15.1. The number of aliphatic hydroxyl groups is 1. The molecule has 0 saturated heterocycles. The first-order chi connectivity index (χ1) is 8.48. The number of benzene rings is 1. The van der Waals surface area contributed by atoms with Crippen LogP contribution in [-0.2, 0) is 16.6 Å². The summed E-state index contributed by atoms with van der Waals surface area (Å²) in [6, 6.07) is 7.43. The summed E-state index contributed by atoms with van der Waals surface area (Å²) in [4.78, 5) is 0. The number of hydrogen-bond acceptors (Lipinski definition) is 3. The number of sulfonamides is 1. The molecule has 102 valence electrons. The topological polar surface area (TPSA) is 57.6 Å². The van der Waals surface area contributed by atoms with Crippen LogP contribution in [0, 0.1) is 0 Å². The van der Waals surface area contributed by atoms with Crippen LogP contribution < -0.4 is 0 Å². The lowest BCUT2D eigenvalue weighted by molar-refractivity contribution is 0.164. The van der Waals surface area contributed by atoms with Gasteiger partial charge in [-0.3, -0.25) is 0 Å². The minimum atomic E-state index is -3.19. The van der Waals surface area contributed by atoms with Crippen LogP contribution >= 0.6 is 0 Å². The Balaban J connectivity index is 0.000000771. The van der Waals surface area contributed by atoms with E-state index in [0.717, 1.165) is 11.1 Å². The molecular formula is C13H21NO3S. The van der Waals surface area contributed by atoms with Crippen molar-refractivity contribution in [3.8, 4) is 0 Å². The molecule has 4 nitrogen and oxygen atoms in total. The fourth-order valence-electron chi connectivity index (χ4n) is 1.98. The Bertz CT molecular complexity index is 485. The summed E-state index contributed by atoms with van der Waals surface area (Å²) in [6.07, 6.45) is 1.08. The fourth-order valence-corrected chi connectivity index (χ4v) is 2.79. The van der Waals surface area contributed by atoms with Crippen molar-refractivity contribution in [3.63, 3.8) is 0 Å². The molecular weight excluding hydrogens is 250 g/mol. The summed E-state index contributed by atoms with van der Waals surface area (Å²) in [5, 5.41) is 9.90. The normalized spacial score (nSPS) is 20.3. The number of nitrogens with zero attached hydrogens (tertiary/aromatic N) is 1. The molecule has 1 atom stereocenters. The van der Waals surface area contributed by atoms with E-state index in [-0.39, 0.29) is 0 Å². The predicted octanol–water partition coefficient (Wildman–Crippen LogP) is 1.91. The Morgan fingerprint density at radius 1 is 1.28 bits per heavy atom. The Morgan fingerprint density at radius 3 is 2.50 bits per heavy atom. The quantitative estimate of drug-likeness (QED) is 0.849. The van der Waals surface area contributed by atoms with E-state index in [4.69, 9.17) is 0 Å². The molecule has 0 aliphatic carbocycles. The van der Waals surface area contributed by atoms with Gasteiger partial charge in [0.05, 0.1) is 12.4 Å². The third kappa shape index (κ3) is 3.54. The molecule has 1 aromatic carbocycles. The van der Waals surface area contributed by atoms with E-state index < -0.39 is 16.1 Å². The molecule has 0 radical (unpaired) electrons. The van der Waals surface area contributed by atoms with E-state index in [1.54, 1.807) is 0 Å². The van der Waals surface area contributed by atoms with Gasteiger partial charge in [0.2, 0.25) is 10.0 Å². The Labute approximate surface area is 109 Å². The van der Waals surface area contributed by atoms with Gasteiger partial charge in [-0.25, -0.2) is 8.42 Å². The molecule has 1 N–H and O–H groups in total. The number of aliphatic hydroxyl groups excluding tert-OH is 1.